The summed E-state index contributed by atoms with van der Waals surface area (Å²) in [7, 11) is 0. The molecule has 0 spiro atoms. The van der Waals surface area contributed by atoms with Gasteiger partial charge in [-0.2, -0.15) is 0 Å². The van der Waals surface area contributed by atoms with E-state index in [-0.39, 0.29) is 30.1 Å². The number of hydrogen-bond acceptors (Lipinski definition) is 4. The Kier molecular flexibility index (Phi) is 7.31. The Bertz CT molecular complexity index is 1600. The van der Waals surface area contributed by atoms with E-state index in [0.717, 1.165) is 40.0 Å². The summed E-state index contributed by atoms with van der Waals surface area (Å²) < 4.78 is 11.9. The van der Waals surface area contributed by atoms with Gasteiger partial charge in [-0.15, -0.1) is 0 Å². The molecule has 2 heterocycles. The van der Waals surface area contributed by atoms with Crippen molar-refractivity contribution in [2.45, 2.75) is 32.1 Å². The Morgan fingerprint density at radius 2 is 1.75 bits per heavy atom. The molecule has 0 aliphatic carbocycles. The average Bonchev–Trinajstić information content (AvgIpc) is 3.42. The van der Waals surface area contributed by atoms with E-state index < -0.39 is 0 Å². The van der Waals surface area contributed by atoms with Gasteiger partial charge >= 0.3 is 0 Å². The van der Waals surface area contributed by atoms with Gasteiger partial charge in [0.15, 0.2) is 5.78 Å². The molecule has 2 aliphatic heterocycles. The zero-order valence-corrected chi connectivity index (χ0v) is 23.0. The monoisotopic (exact) mass is 551 g/mol. The van der Waals surface area contributed by atoms with Crippen LogP contribution in [0.3, 0.4) is 0 Å². The lowest BCUT2D eigenvalue weighted by molar-refractivity contribution is -0.122. The summed E-state index contributed by atoms with van der Waals surface area (Å²) in [6, 6.07) is 27.2. The fourth-order valence-electron chi connectivity index (χ4n) is 5.83. The molecule has 0 radical (unpaired) electrons. The smallest absolute Gasteiger partial charge is 0.255 e. The molecule has 6 rings (SSSR count). The first-order valence-electron chi connectivity index (χ1n) is 13.6. The van der Waals surface area contributed by atoms with Gasteiger partial charge in [-0.25, -0.2) is 0 Å². The molecule has 1 N–H and O–H groups in total. The maximum absolute atomic E-state index is 13.3. The number of ether oxygens (including phenoxy) is 2. The van der Waals surface area contributed by atoms with E-state index in [1.165, 1.54) is 0 Å². The van der Waals surface area contributed by atoms with E-state index in [4.69, 9.17) is 21.1 Å². The van der Waals surface area contributed by atoms with E-state index in [1.54, 1.807) is 18.2 Å². The highest BCUT2D eigenvalue weighted by molar-refractivity contribution is 6.31. The van der Waals surface area contributed by atoms with Crippen LogP contribution in [-0.2, 0) is 17.6 Å². The van der Waals surface area contributed by atoms with Gasteiger partial charge in [-0.3, -0.25) is 9.59 Å². The van der Waals surface area contributed by atoms with Crippen molar-refractivity contribution in [2.24, 2.45) is 5.92 Å². The van der Waals surface area contributed by atoms with Crippen LogP contribution >= 0.6 is 11.6 Å². The highest BCUT2D eigenvalue weighted by Gasteiger charge is 2.29. The molecule has 2 aliphatic rings. The Morgan fingerprint density at radius 3 is 2.62 bits per heavy atom. The van der Waals surface area contributed by atoms with E-state index in [1.807, 2.05) is 48.5 Å². The maximum Gasteiger partial charge on any atom is 0.255 e. The van der Waals surface area contributed by atoms with Crippen LogP contribution in [0.15, 0.2) is 84.9 Å². The molecule has 4 aromatic rings. The number of nitrogens with one attached hydrogen (secondary N) is 1. The van der Waals surface area contributed by atoms with E-state index in [2.05, 4.69) is 30.4 Å². The number of amides is 1. The van der Waals surface area contributed by atoms with Crippen LogP contribution in [0.1, 0.15) is 46.3 Å². The first kappa shape index (κ1) is 26.1. The van der Waals surface area contributed by atoms with Crippen molar-refractivity contribution in [3.8, 4) is 22.6 Å². The quantitative estimate of drug-likeness (QED) is 0.285. The number of ketones is 1. The number of carbonyl (C=O) groups is 2. The molecule has 0 saturated carbocycles. The molecule has 40 heavy (non-hydrogen) atoms. The predicted molar refractivity (Wildman–Crippen MR) is 158 cm³/mol. The molecule has 1 amide bonds. The summed E-state index contributed by atoms with van der Waals surface area (Å²) in [4.78, 5) is 26.6. The minimum Gasteiger partial charge on any atom is -0.493 e. The molecule has 0 saturated heterocycles. The first-order chi connectivity index (χ1) is 19.5. The summed E-state index contributed by atoms with van der Waals surface area (Å²) in [6.07, 6.45) is 1.78. The third-order valence-electron chi connectivity index (χ3n) is 7.95. The van der Waals surface area contributed by atoms with Crippen molar-refractivity contribution in [2.75, 3.05) is 18.5 Å². The van der Waals surface area contributed by atoms with Crippen LogP contribution in [0.4, 0.5) is 5.69 Å². The lowest BCUT2D eigenvalue weighted by atomic mass is 9.77. The number of anilines is 1. The molecule has 2 atom stereocenters. The minimum atomic E-state index is -0.203. The van der Waals surface area contributed by atoms with Crippen molar-refractivity contribution in [1.82, 2.24) is 0 Å². The summed E-state index contributed by atoms with van der Waals surface area (Å²) in [6.45, 7) is 2.83. The number of rotatable bonds is 4. The minimum absolute atomic E-state index is 0.00588. The van der Waals surface area contributed by atoms with Gasteiger partial charge in [0.1, 0.15) is 18.1 Å². The summed E-state index contributed by atoms with van der Waals surface area (Å²) in [5, 5.41) is 3.52. The fraction of sp³-hybridized carbons (Fsp3) is 0.235. The molecule has 2 unspecified atom stereocenters. The Hall–Kier alpha value is -4.09. The molecule has 0 bridgehead atoms. The largest absolute Gasteiger partial charge is 0.493 e. The van der Waals surface area contributed by atoms with Crippen molar-refractivity contribution in [3.63, 3.8) is 0 Å². The zero-order valence-electron chi connectivity index (χ0n) is 22.3. The molecular weight excluding hydrogens is 522 g/mol. The van der Waals surface area contributed by atoms with Crippen molar-refractivity contribution in [1.29, 1.82) is 0 Å². The number of fused-ring (bicyclic) bond motifs is 4. The normalized spacial score (nSPS) is 18.0. The number of Topliss-reactive ketones (excluding diaryl/α,β-unsaturated/α-hetero) is 1. The lowest BCUT2D eigenvalue weighted by Gasteiger charge is -2.29. The van der Waals surface area contributed by atoms with Crippen LogP contribution in [0.2, 0.25) is 5.02 Å². The fourth-order valence-corrected chi connectivity index (χ4v) is 6.02. The van der Waals surface area contributed by atoms with Crippen LogP contribution in [0.25, 0.3) is 11.1 Å². The highest BCUT2D eigenvalue weighted by atomic mass is 35.5. The van der Waals surface area contributed by atoms with Gasteiger partial charge in [-0.05, 0) is 70.8 Å². The topological polar surface area (TPSA) is 64.6 Å². The Balaban J connectivity index is 1.35. The average molecular weight is 552 g/mol. The number of halogens is 1. The molecule has 0 fully saturated rings. The zero-order chi connectivity index (χ0) is 27.6. The van der Waals surface area contributed by atoms with Gasteiger partial charge in [0.2, 0.25) is 0 Å². The standard InChI is InChI=1S/C34H30ClNO4/c1-21-24(15-22-7-2-3-11-29(22)34(38)36-26-9-6-8-25(35)18-26)16-27(37)20-40-33-19-32-23(13-14-39-32)17-31(33)30-12-5-4-10-28(21)30/h2-12,17-19,21,24H,13-16,20H2,1H3,(H,36,38). The third-order valence-corrected chi connectivity index (χ3v) is 8.18. The Labute approximate surface area is 239 Å². The molecule has 5 nitrogen and oxygen atoms in total. The van der Waals surface area contributed by atoms with E-state index in [9.17, 15) is 9.59 Å². The van der Waals surface area contributed by atoms with Gasteiger partial charge in [0, 0.05) is 40.7 Å². The number of hydrogen-bond donors (Lipinski definition) is 1. The van der Waals surface area contributed by atoms with Gasteiger partial charge < -0.3 is 14.8 Å². The van der Waals surface area contributed by atoms with Gasteiger partial charge in [-0.1, -0.05) is 67.1 Å². The van der Waals surface area contributed by atoms with E-state index in [0.29, 0.717) is 41.5 Å². The van der Waals surface area contributed by atoms with E-state index >= 15 is 0 Å². The SMILES string of the molecule is CC1c2ccccc2-c2cc3c(cc2OCC(=O)CC1Cc1ccccc1C(=O)Nc1cccc(Cl)c1)OCC3. The van der Waals surface area contributed by atoms with Crippen molar-refractivity contribution in [3.05, 3.63) is 112 Å². The van der Waals surface area contributed by atoms with Crippen molar-refractivity contribution >= 4 is 29.0 Å². The summed E-state index contributed by atoms with van der Waals surface area (Å²) >= 11 is 6.12. The second kappa shape index (κ2) is 11.2. The van der Waals surface area contributed by atoms with Gasteiger partial charge in [0.05, 0.1) is 6.61 Å². The highest BCUT2D eigenvalue weighted by Crippen LogP contribution is 2.44. The molecular formula is C34H30ClNO4. The molecule has 0 aromatic heterocycles. The summed E-state index contributed by atoms with van der Waals surface area (Å²) in [5.74, 6) is 1.36. The maximum atomic E-state index is 13.3. The second-order valence-corrected chi connectivity index (χ2v) is 11.0. The summed E-state index contributed by atoms with van der Waals surface area (Å²) in [5.41, 5.74) is 6.53. The number of carbonyl (C=O) groups excluding carboxylic acids is 2. The lowest BCUT2D eigenvalue weighted by Crippen LogP contribution is -2.24. The number of benzene rings is 4. The third kappa shape index (κ3) is 5.34. The predicted octanol–water partition coefficient (Wildman–Crippen LogP) is 7.51. The Morgan fingerprint density at radius 1 is 0.925 bits per heavy atom. The second-order valence-electron chi connectivity index (χ2n) is 10.5. The van der Waals surface area contributed by atoms with Crippen LogP contribution < -0.4 is 14.8 Å². The first-order valence-corrected chi connectivity index (χ1v) is 14.0. The molecule has 6 heteroatoms. The molecule has 202 valence electrons. The molecule has 4 aromatic carbocycles. The van der Waals surface area contributed by atoms with Crippen molar-refractivity contribution < 1.29 is 19.1 Å². The van der Waals surface area contributed by atoms with Gasteiger partial charge in [0.25, 0.3) is 5.91 Å². The van der Waals surface area contributed by atoms with Crippen LogP contribution in [-0.4, -0.2) is 24.9 Å². The van der Waals surface area contributed by atoms with Crippen LogP contribution in [0, 0.1) is 5.92 Å². The van der Waals surface area contributed by atoms with Crippen LogP contribution in [0.5, 0.6) is 11.5 Å².